The van der Waals surface area contributed by atoms with Crippen LogP contribution >= 0.6 is 11.6 Å². The second-order valence-corrected chi connectivity index (χ2v) is 5.46. The second-order valence-electron chi connectivity index (χ2n) is 5.05. The molecule has 1 amide bonds. The second kappa shape index (κ2) is 7.14. The number of benzene rings is 2. The Labute approximate surface area is 130 Å². The highest BCUT2D eigenvalue weighted by molar-refractivity contribution is 6.31. The molecule has 0 saturated carbocycles. The van der Waals surface area contributed by atoms with E-state index in [0.717, 1.165) is 16.8 Å². The Morgan fingerprint density at radius 1 is 1.19 bits per heavy atom. The largest absolute Gasteiger partial charge is 0.399 e. The van der Waals surface area contributed by atoms with E-state index in [1.165, 1.54) is 0 Å². The number of nitrogens with one attached hydrogen (secondary N) is 1. The van der Waals surface area contributed by atoms with Gasteiger partial charge in [-0.1, -0.05) is 41.9 Å². The third-order valence-corrected chi connectivity index (χ3v) is 3.71. The minimum atomic E-state index is -0.0994. The van der Waals surface area contributed by atoms with E-state index in [9.17, 15) is 4.79 Å². The van der Waals surface area contributed by atoms with Crippen LogP contribution in [0.25, 0.3) is 0 Å². The van der Waals surface area contributed by atoms with Crippen molar-refractivity contribution < 1.29 is 4.79 Å². The van der Waals surface area contributed by atoms with E-state index < -0.39 is 0 Å². The molecule has 4 heteroatoms. The standard InChI is InChI=1S/C17H19ClN2O/c1-12(15-4-2-3-5-16(15)18)20-17(21)11-8-13-6-9-14(19)10-7-13/h2-7,9-10,12H,8,11,19H2,1H3,(H,20,21). The van der Waals surface area contributed by atoms with Crippen LogP contribution in [0.2, 0.25) is 5.02 Å². The number of carbonyl (C=O) groups is 1. The summed E-state index contributed by atoms with van der Waals surface area (Å²) in [6.07, 6.45) is 1.14. The van der Waals surface area contributed by atoms with Crippen molar-refractivity contribution in [1.82, 2.24) is 5.32 Å². The molecule has 2 aromatic carbocycles. The normalized spacial score (nSPS) is 11.9. The molecule has 110 valence electrons. The van der Waals surface area contributed by atoms with Crippen LogP contribution in [0.1, 0.15) is 30.5 Å². The Morgan fingerprint density at radius 2 is 1.86 bits per heavy atom. The van der Waals surface area contributed by atoms with Crippen molar-refractivity contribution in [3.63, 3.8) is 0 Å². The number of rotatable bonds is 5. The lowest BCUT2D eigenvalue weighted by Crippen LogP contribution is -2.27. The lowest BCUT2D eigenvalue weighted by Gasteiger charge is -2.15. The summed E-state index contributed by atoms with van der Waals surface area (Å²) in [7, 11) is 0. The molecule has 0 saturated heterocycles. The van der Waals surface area contributed by atoms with E-state index in [0.29, 0.717) is 17.9 Å². The third-order valence-electron chi connectivity index (χ3n) is 3.37. The zero-order chi connectivity index (χ0) is 15.2. The van der Waals surface area contributed by atoms with Crippen LogP contribution in [0.4, 0.5) is 5.69 Å². The van der Waals surface area contributed by atoms with Crippen LogP contribution in [-0.4, -0.2) is 5.91 Å². The van der Waals surface area contributed by atoms with Gasteiger partial charge in [-0.3, -0.25) is 4.79 Å². The number of amides is 1. The van der Waals surface area contributed by atoms with Crippen molar-refractivity contribution >= 4 is 23.2 Å². The maximum absolute atomic E-state index is 12.0. The first-order valence-electron chi connectivity index (χ1n) is 6.94. The van der Waals surface area contributed by atoms with Crippen LogP contribution in [-0.2, 0) is 11.2 Å². The van der Waals surface area contributed by atoms with E-state index in [1.54, 1.807) is 0 Å². The number of hydrogen-bond donors (Lipinski definition) is 2. The zero-order valence-electron chi connectivity index (χ0n) is 12.0. The van der Waals surface area contributed by atoms with E-state index >= 15 is 0 Å². The predicted molar refractivity (Wildman–Crippen MR) is 87.2 cm³/mol. The summed E-state index contributed by atoms with van der Waals surface area (Å²) < 4.78 is 0. The maximum atomic E-state index is 12.0. The zero-order valence-corrected chi connectivity index (χ0v) is 12.7. The molecule has 0 radical (unpaired) electrons. The molecule has 2 aromatic rings. The van der Waals surface area contributed by atoms with Crippen LogP contribution < -0.4 is 11.1 Å². The number of carbonyl (C=O) groups excluding carboxylic acids is 1. The quantitative estimate of drug-likeness (QED) is 0.827. The Morgan fingerprint density at radius 3 is 2.52 bits per heavy atom. The highest BCUT2D eigenvalue weighted by atomic mass is 35.5. The topological polar surface area (TPSA) is 55.1 Å². The molecule has 2 rings (SSSR count). The summed E-state index contributed by atoms with van der Waals surface area (Å²) in [5.41, 5.74) is 8.40. The summed E-state index contributed by atoms with van der Waals surface area (Å²) in [5.74, 6) is 0.0132. The number of hydrogen-bond acceptors (Lipinski definition) is 2. The number of halogens is 1. The van der Waals surface area contributed by atoms with Crippen LogP contribution in [0.3, 0.4) is 0 Å². The molecule has 3 N–H and O–H groups in total. The summed E-state index contributed by atoms with van der Waals surface area (Å²) in [6.45, 7) is 1.93. The van der Waals surface area contributed by atoms with Gasteiger partial charge >= 0.3 is 0 Å². The molecule has 0 bridgehead atoms. The van der Waals surface area contributed by atoms with Crippen LogP contribution in [0.5, 0.6) is 0 Å². The summed E-state index contributed by atoms with van der Waals surface area (Å²) >= 11 is 6.13. The molecule has 0 heterocycles. The fourth-order valence-corrected chi connectivity index (χ4v) is 2.46. The summed E-state index contributed by atoms with van der Waals surface area (Å²) in [4.78, 5) is 12.0. The smallest absolute Gasteiger partial charge is 0.220 e. The average molecular weight is 303 g/mol. The first-order valence-corrected chi connectivity index (χ1v) is 7.32. The van der Waals surface area contributed by atoms with Crippen molar-refractivity contribution in [3.8, 4) is 0 Å². The molecule has 21 heavy (non-hydrogen) atoms. The highest BCUT2D eigenvalue weighted by Gasteiger charge is 2.12. The highest BCUT2D eigenvalue weighted by Crippen LogP contribution is 2.22. The monoisotopic (exact) mass is 302 g/mol. The molecule has 3 nitrogen and oxygen atoms in total. The molecule has 0 aliphatic rings. The molecule has 1 atom stereocenters. The molecule has 0 spiro atoms. The Balaban J connectivity index is 1.87. The summed E-state index contributed by atoms with van der Waals surface area (Å²) in [6, 6.07) is 15.0. The van der Waals surface area contributed by atoms with Gasteiger partial charge in [0.1, 0.15) is 0 Å². The SMILES string of the molecule is CC(NC(=O)CCc1ccc(N)cc1)c1ccccc1Cl. The number of nitrogen functional groups attached to an aromatic ring is 1. The molecule has 0 aliphatic carbocycles. The van der Waals surface area contributed by atoms with Crippen molar-refractivity contribution in [1.29, 1.82) is 0 Å². The van der Waals surface area contributed by atoms with Gasteiger partial charge in [0.05, 0.1) is 6.04 Å². The van der Waals surface area contributed by atoms with Gasteiger partial charge in [-0.05, 0) is 42.7 Å². The first-order chi connectivity index (χ1) is 10.1. The van der Waals surface area contributed by atoms with Gasteiger partial charge in [-0.15, -0.1) is 0 Å². The number of nitrogens with two attached hydrogens (primary N) is 1. The van der Waals surface area contributed by atoms with E-state index in [4.69, 9.17) is 17.3 Å². The van der Waals surface area contributed by atoms with Gasteiger partial charge < -0.3 is 11.1 Å². The van der Waals surface area contributed by atoms with Gasteiger partial charge in [-0.2, -0.15) is 0 Å². The summed E-state index contributed by atoms with van der Waals surface area (Å²) in [5, 5.41) is 3.64. The van der Waals surface area contributed by atoms with E-state index in [1.807, 2.05) is 55.5 Å². The number of aryl methyl sites for hydroxylation is 1. The fourth-order valence-electron chi connectivity index (χ4n) is 2.16. The van der Waals surface area contributed by atoms with Crippen molar-refractivity contribution in [2.75, 3.05) is 5.73 Å². The fraction of sp³-hybridized carbons (Fsp3) is 0.235. The van der Waals surface area contributed by atoms with E-state index in [2.05, 4.69) is 5.32 Å². The van der Waals surface area contributed by atoms with E-state index in [-0.39, 0.29) is 11.9 Å². The van der Waals surface area contributed by atoms with Crippen molar-refractivity contribution in [3.05, 3.63) is 64.7 Å². The van der Waals surface area contributed by atoms with Gasteiger partial charge in [-0.25, -0.2) is 0 Å². The van der Waals surface area contributed by atoms with Crippen LogP contribution in [0.15, 0.2) is 48.5 Å². The minimum Gasteiger partial charge on any atom is -0.399 e. The van der Waals surface area contributed by atoms with Crippen LogP contribution in [0, 0.1) is 0 Å². The lowest BCUT2D eigenvalue weighted by molar-refractivity contribution is -0.121. The predicted octanol–water partition coefficient (Wildman–Crippen LogP) is 3.73. The molecular weight excluding hydrogens is 284 g/mol. The van der Waals surface area contributed by atoms with Crippen molar-refractivity contribution in [2.45, 2.75) is 25.8 Å². The Hall–Kier alpha value is -2.00. The average Bonchev–Trinajstić information content (AvgIpc) is 2.47. The number of anilines is 1. The molecular formula is C17H19ClN2O. The van der Waals surface area contributed by atoms with Gasteiger partial charge in [0.15, 0.2) is 0 Å². The Kier molecular flexibility index (Phi) is 5.23. The van der Waals surface area contributed by atoms with Crippen molar-refractivity contribution in [2.24, 2.45) is 0 Å². The first kappa shape index (κ1) is 15.4. The lowest BCUT2D eigenvalue weighted by atomic mass is 10.1. The molecule has 0 aliphatic heterocycles. The van der Waals surface area contributed by atoms with Gasteiger partial charge in [0.2, 0.25) is 5.91 Å². The minimum absolute atomic E-state index is 0.0132. The third kappa shape index (κ3) is 4.50. The Bertz CT molecular complexity index is 610. The molecule has 0 aromatic heterocycles. The molecule has 1 unspecified atom stereocenters. The maximum Gasteiger partial charge on any atom is 0.220 e. The van der Waals surface area contributed by atoms with Gasteiger partial charge in [0.25, 0.3) is 0 Å². The van der Waals surface area contributed by atoms with Gasteiger partial charge in [0, 0.05) is 17.1 Å². The molecule has 0 fully saturated rings.